The van der Waals surface area contributed by atoms with E-state index in [0.717, 1.165) is 26.2 Å². The SMILES string of the molecule is CCN(CC(=O)N(CC)C1CC1)CC1CCCN1. The minimum atomic E-state index is 0.319. The number of nitrogens with one attached hydrogen (secondary N) is 1. The molecule has 1 aliphatic carbocycles. The lowest BCUT2D eigenvalue weighted by Gasteiger charge is -2.27. The lowest BCUT2D eigenvalue weighted by molar-refractivity contribution is -0.132. The van der Waals surface area contributed by atoms with Gasteiger partial charge in [-0.15, -0.1) is 0 Å². The normalized spacial score (nSPS) is 23.6. The minimum Gasteiger partial charge on any atom is -0.339 e. The monoisotopic (exact) mass is 253 g/mol. The van der Waals surface area contributed by atoms with Gasteiger partial charge in [0, 0.05) is 25.2 Å². The van der Waals surface area contributed by atoms with E-state index in [-0.39, 0.29) is 0 Å². The first-order chi connectivity index (χ1) is 8.74. The Balaban J connectivity index is 1.78. The molecule has 1 saturated carbocycles. The highest BCUT2D eigenvalue weighted by molar-refractivity contribution is 5.78. The van der Waals surface area contributed by atoms with Crippen LogP contribution in [0.25, 0.3) is 0 Å². The fourth-order valence-electron chi connectivity index (χ4n) is 2.84. The van der Waals surface area contributed by atoms with Crippen LogP contribution in [0, 0.1) is 0 Å². The third-order valence-electron chi connectivity index (χ3n) is 4.10. The van der Waals surface area contributed by atoms with Gasteiger partial charge in [0.2, 0.25) is 5.91 Å². The highest BCUT2D eigenvalue weighted by Crippen LogP contribution is 2.26. The molecule has 4 heteroatoms. The van der Waals surface area contributed by atoms with Gasteiger partial charge >= 0.3 is 0 Å². The number of hydrogen-bond donors (Lipinski definition) is 1. The van der Waals surface area contributed by atoms with Crippen LogP contribution in [0.4, 0.5) is 0 Å². The average molecular weight is 253 g/mol. The fraction of sp³-hybridized carbons (Fsp3) is 0.929. The van der Waals surface area contributed by atoms with Gasteiger partial charge in [0.15, 0.2) is 0 Å². The number of carbonyl (C=O) groups excluding carboxylic acids is 1. The van der Waals surface area contributed by atoms with E-state index in [1.165, 1.54) is 25.7 Å². The van der Waals surface area contributed by atoms with E-state index >= 15 is 0 Å². The van der Waals surface area contributed by atoms with Crippen molar-refractivity contribution >= 4 is 5.91 Å². The lowest BCUT2D eigenvalue weighted by atomic mass is 10.2. The molecule has 1 atom stereocenters. The molecule has 2 aliphatic rings. The van der Waals surface area contributed by atoms with Crippen LogP contribution < -0.4 is 5.32 Å². The minimum absolute atomic E-state index is 0.319. The summed E-state index contributed by atoms with van der Waals surface area (Å²) in [6, 6.07) is 1.14. The summed E-state index contributed by atoms with van der Waals surface area (Å²) in [5.74, 6) is 0.319. The second-order valence-corrected chi connectivity index (χ2v) is 5.53. The molecule has 1 N–H and O–H groups in total. The van der Waals surface area contributed by atoms with Crippen molar-refractivity contribution in [3.8, 4) is 0 Å². The standard InChI is InChI=1S/C14H27N3O/c1-3-16(10-12-6-5-9-15-12)11-14(18)17(4-2)13-7-8-13/h12-13,15H,3-11H2,1-2H3. The average Bonchev–Trinajstić information content (AvgIpc) is 3.06. The number of carbonyl (C=O) groups is 1. The Morgan fingerprint density at radius 2 is 2.00 bits per heavy atom. The maximum atomic E-state index is 12.3. The summed E-state index contributed by atoms with van der Waals surface area (Å²) in [4.78, 5) is 16.6. The third-order valence-corrected chi connectivity index (χ3v) is 4.10. The first kappa shape index (κ1) is 13.8. The zero-order valence-electron chi connectivity index (χ0n) is 11.8. The molecular formula is C14H27N3O. The third kappa shape index (κ3) is 3.69. The van der Waals surface area contributed by atoms with Crippen LogP contribution in [0.1, 0.15) is 39.5 Å². The van der Waals surface area contributed by atoms with E-state index < -0.39 is 0 Å². The Morgan fingerprint density at radius 3 is 2.50 bits per heavy atom. The van der Waals surface area contributed by atoms with Gasteiger partial charge in [0.05, 0.1) is 6.54 Å². The number of amides is 1. The zero-order chi connectivity index (χ0) is 13.0. The maximum Gasteiger partial charge on any atom is 0.236 e. The topological polar surface area (TPSA) is 35.6 Å². The van der Waals surface area contributed by atoms with Gasteiger partial charge < -0.3 is 10.2 Å². The molecule has 0 spiro atoms. The Bertz CT molecular complexity index is 272. The van der Waals surface area contributed by atoms with Crippen LogP contribution in [0.2, 0.25) is 0 Å². The van der Waals surface area contributed by atoms with Gasteiger partial charge in [-0.25, -0.2) is 0 Å². The van der Waals surface area contributed by atoms with E-state index in [9.17, 15) is 4.79 Å². The van der Waals surface area contributed by atoms with E-state index in [1.54, 1.807) is 0 Å². The lowest BCUT2D eigenvalue weighted by Crippen LogP contribution is -2.45. The summed E-state index contributed by atoms with van der Waals surface area (Å²) in [6.07, 6.45) is 4.94. The largest absolute Gasteiger partial charge is 0.339 e. The molecule has 1 saturated heterocycles. The molecule has 0 aromatic carbocycles. The van der Waals surface area contributed by atoms with E-state index in [1.807, 2.05) is 0 Å². The first-order valence-electron chi connectivity index (χ1n) is 7.49. The Morgan fingerprint density at radius 1 is 1.22 bits per heavy atom. The smallest absolute Gasteiger partial charge is 0.236 e. The molecule has 2 fully saturated rings. The molecule has 1 aliphatic heterocycles. The van der Waals surface area contributed by atoms with Crippen molar-refractivity contribution in [1.82, 2.24) is 15.1 Å². The molecule has 1 amide bonds. The second kappa shape index (κ2) is 6.53. The highest BCUT2D eigenvalue weighted by Gasteiger charge is 2.32. The molecule has 4 nitrogen and oxygen atoms in total. The van der Waals surface area contributed by atoms with Crippen molar-refractivity contribution in [1.29, 1.82) is 0 Å². The van der Waals surface area contributed by atoms with Gasteiger partial charge in [0.1, 0.15) is 0 Å². The molecule has 104 valence electrons. The maximum absolute atomic E-state index is 12.3. The molecule has 0 aromatic rings. The van der Waals surface area contributed by atoms with Gasteiger partial charge in [-0.2, -0.15) is 0 Å². The van der Waals surface area contributed by atoms with Gasteiger partial charge in [-0.1, -0.05) is 6.92 Å². The van der Waals surface area contributed by atoms with Crippen molar-refractivity contribution in [2.24, 2.45) is 0 Å². The molecule has 1 unspecified atom stereocenters. The van der Waals surface area contributed by atoms with Crippen molar-refractivity contribution in [3.63, 3.8) is 0 Å². The first-order valence-corrected chi connectivity index (χ1v) is 7.49. The molecule has 18 heavy (non-hydrogen) atoms. The Hall–Kier alpha value is -0.610. The zero-order valence-corrected chi connectivity index (χ0v) is 11.8. The van der Waals surface area contributed by atoms with Crippen LogP contribution >= 0.6 is 0 Å². The van der Waals surface area contributed by atoms with Crippen molar-refractivity contribution < 1.29 is 4.79 Å². The van der Waals surface area contributed by atoms with Crippen molar-refractivity contribution in [2.75, 3.05) is 32.7 Å². The van der Waals surface area contributed by atoms with Crippen LogP contribution in [-0.2, 0) is 4.79 Å². The molecule has 2 rings (SSSR count). The predicted molar refractivity (Wildman–Crippen MR) is 73.5 cm³/mol. The van der Waals surface area contributed by atoms with Crippen LogP contribution in [0.15, 0.2) is 0 Å². The van der Waals surface area contributed by atoms with Gasteiger partial charge in [0.25, 0.3) is 0 Å². The Kier molecular flexibility index (Phi) is 5.01. The van der Waals surface area contributed by atoms with E-state index in [0.29, 0.717) is 24.5 Å². The molecular weight excluding hydrogens is 226 g/mol. The molecule has 0 bridgehead atoms. The van der Waals surface area contributed by atoms with Crippen molar-refractivity contribution in [3.05, 3.63) is 0 Å². The van der Waals surface area contributed by atoms with Crippen LogP contribution in [0.3, 0.4) is 0 Å². The van der Waals surface area contributed by atoms with Gasteiger partial charge in [-0.05, 0) is 45.7 Å². The summed E-state index contributed by atoms with van der Waals surface area (Å²) < 4.78 is 0. The second-order valence-electron chi connectivity index (χ2n) is 5.53. The summed E-state index contributed by atoms with van der Waals surface area (Å²) >= 11 is 0. The quantitative estimate of drug-likeness (QED) is 0.737. The summed E-state index contributed by atoms with van der Waals surface area (Å²) in [7, 11) is 0. The number of nitrogens with zero attached hydrogens (tertiary/aromatic N) is 2. The van der Waals surface area contributed by atoms with Crippen LogP contribution in [-0.4, -0.2) is 60.5 Å². The Labute approximate surface area is 111 Å². The van der Waals surface area contributed by atoms with Crippen LogP contribution in [0.5, 0.6) is 0 Å². The summed E-state index contributed by atoms with van der Waals surface area (Å²) in [6.45, 7) is 8.82. The summed E-state index contributed by atoms with van der Waals surface area (Å²) in [5.41, 5.74) is 0. The highest BCUT2D eigenvalue weighted by atomic mass is 16.2. The molecule has 0 radical (unpaired) electrons. The van der Waals surface area contributed by atoms with E-state index in [4.69, 9.17) is 0 Å². The predicted octanol–water partition coefficient (Wildman–Crippen LogP) is 1.07. The molecule has 0 aromatic heterocycles. The van der Waals surface area contributed by atoms with Gasteiger partial charge in [-0.3, -0.25) is 9.69 Å². The number of likely N-dealkylation sites (N-methyl/N-ethyl adjacent to an activating group) is 2. The van der Waals surface area contributed by atoms with Crippen molar-refractivity contribution in [2.45, 2.75) is 51.6 Å². The fourth-order valence-corrected chi connectivity index (χ4v) is 2.84. The number of rotatable bonds is 7. The molecule has 1 heterocycles. The van der Waals surface area contributed by atoms with E-state index in [2.05, 4.69) is 29.0 Å². The summed E-state index contributed by atoms with van der Waals surface area (Å²) in [5, 5.41) is 3.51. The number of hydrogen-bond acceptors (Lipinski definition) is 3.